The fourth-order valence-corrected chi connectivity index (χ4v) is 3.45. The largest absolute Gasteiger partial charge is 0.359 e. The summed E-state index contributed by atoms with van der Waals surface area (Å²) in [5.74, 6) is 1.64. The highest BCUT2D eigenvalue weighted by Crippen LogP contribution is 2.20. The number of rotatable bonds is 7. The van der Waals surface area contributed by atoms with Gasteiger partial charge in [0.2, 0.25) is 5.91 Å². The molecule has 0 radical (unpaired) electrons. The van der Waals surface area contributed by atoms with Crippen molar-refractivity contribution in [2.45, 2.75) is 59.0 Å². The number of carbonyl (C=O) groups is 1. The molecule has 0 bridgehead atoms. The van der Waals surface area contributed by atoms with Crippen molar-refractivity contribution in [3.8, 4) is 0 Å². The van der Waals surface area contributed by atoms with Gasteiger partial charge in [0, 0.05) is 58.8 Å². The zero-order valence-corrected chi connectivity index (χ0v) is 16.4. The standard InChI is InChI=1S/C18H37N5O/c1-14(2)23(15(3)4)12-9-21-18(20-6)22-10-7-16(8-11-22)13-17(24)19-5/h14-16H,7-13H2,1-6H3,(H,19,24)(H,20,21). The predicted octanol–water partition coefficient (Wildman–Crippen LogP) is 1.53. The summed E-state index contributed by atoms with van der Waals surface area (Å²) >= 11 is 0. The van der Waals surface area contributed by atoms with E-state index in [4.69, 9.17) is 0 Å². The Bertz CT molecular complexity index is 392. The van der Waals surface area contributed by atoms with Gasteiger partial charge in [-0.05, 0) is 46.5 Å². The molecule has 2 N–H and O–H groups in total. The van der Waals surface area contributed by atoms with Gasteiger partial charge in [-0.2, -0.15) is 0 Å². The van der Waals surface area contributed by atoms with Crippen LogP contribution in [-0.4, -0.2) is 74.0 Å². The summed E-state index contributed by atoms with van der Waals surface area (Å²) in [6, 6.07) is 1.10. The van der Waals surface area contributed by atoms with E-state index < -0.39 is 0 Å². The Hall–Kier alpha value is -1.30. The number of nitrogens with zero attached hydrogens (tertiary/aromatic N) is 3. The molecule has 0 aromatic heterocycles. The molecular weight excluding hydrogens is 302 g/mol. The summed E-state index contributed by atoms with van der Waals surface area (Å²) in [5.41, 5.74) is 0. The van der Waals surface area contributed by atoms with E-state index in [0.29, 0.717) is 24.4 Å². The second-order valence-electron chi connectivity index (χ2n) is 7.21. The van der Waals surface area contributed by atoms with Gasteiger partial charge in [-0.15, -0.1) is 0 Å². The summed E-state index contributed by atoms with van der Waals surface area (Å²) in [6.45, 7) is 12.8. The molecule has 24 heavy (non-hydrogen) atoms. The Morgan fingerprint density at radius 1 is 1.21 bits per heavy atom. The number of amides is 1. The average molecular weight is 340 g/mol. The summed E-state index contributed by atoms with van der Waals surface area (Å²) < 4.78 is 0. The van der Waals surface area contributed by atoms with Crippen LogP contribution in [0.3, 0.4) is 0 Å². The number of aliphatic imine (C=N–C) groups is 1. The predicted molar refractivity (Wildman–Crippen MR) is 101 cm³/mol. The van der Waals surface area contributed by atoms with Gasteiger partial charge in [-0.3, -0.25) is 14.7 Å². The maximum atomic E-state index is 11.5. The van der Waals surface area contributed by atoms with Gasteiger partial charge < -0.3 is 15.5 Å². The van der Waals surface area contributed by atoms with Crippen LogP contribution in [0.25, 0.3) is 0 Å². The summed E-state index contributed by atoms with van der Waals surface area (Å²) in [7, 11) is 3.56. The van der Waals surface area contributed by atoms with Crippen molar-refractivity contribution in [3.05, 3.63) is 0 Å². The van der Waals surface area contributed by atoms with Crippen molar-refractivity contribution in [2.24, 2.45) is 10.9 Å². The number of piperidine rings is 1. The van der Waals surface area contributed by atoms with E-state index in [1.165, 1.54) is 0 Å². The number of guanidine groups is 1. The van der Waals surface area contributed by atoms with E-state index in [-0.39, 0.29) is 5.91 Å². The highest BCUT2D eigenvalue weighted by Gasteiger charge is 2.23. The highest BCUT2D eigenvalue weighted by molar-refractivity contribution is 5.80. The first-order valence-electron chi connectivity index (χ1n) is 9.30. The molecule has 0 aromatic carbocycles. The van der Waals surface area contributed by atoms with E-state index >= 15 is 0 Å². The third-order valence-electron chi connectivity index (χ3n) is 4.86. The lowest BCUT2D eigenvalue weighted by atomic mass is 9.93. The molecule has 0 spiro atoms. The van der Waals surface area contributed by atoms with Crippen LogP contribution in [0.5, 0.6) is 0 Å². The molecule has 1 saturated heterocycles. The van der Waals surface area contributed by atoms with Gasteiger partial charge >= 0.3 is 0 Å². The molecular formula is C18H37N5O. The maximum absolute atomic E-state index is 11.5. The first-order chi connectivity index (χ1) is 11.4. The van der Waals surface area contributed by atoms with E-state index in [1.807, 2.05) is 7.05 Å². The Labute approximate surface area is 148 Å². The van der Waals surface area contributed by atoms with Crippen LogP contribution < -0.4 is 10.6 Å². The van der Waals surface area contributed by atoms with E-state index in [2.05, 4.69) is 53.1 Å². The molecule has 140 valence electrons. The van der Waals surface area contributed by atoms with E-state index in [1.54, 1.807) is 7.05 Å². The number of carbonyl (C=O) groups excluding carboxylic acids is 1. The van der Waals surface area contributed by atoms with Gasteiger partial charge in [0.15, 0.2) is 5.96 Å². The van der Waals surface area contributed by atoms with Crippen molar-refractivity contribution in [3.63, 3.8) is 0 Å². The molecule has 1 rings (SSSR count). The Balaban J connectivity index is 2.39. The topological polar surface area (TPSA) is 60.0 Å². The molecule has 1 aliphatic heterocycles. The molecule has 0 aromatic rings. The molecule has 1 fully saturated rings. The maximum Gasteiger partial charge on any atom is 0.220 e. The quantitative estimate of drug-likeness (QED) is 0.545. The smallest absolute Gasteiger partial charge is 0.220 e. The lowest BCUT2D eigenvalue weighted by molar-refractivity contribution is -0.121. The summed E-state index contributed by atoms with van der Waals surface area (Å²) in [6.07, 6.45) is 2.75. The highest BCUT2D eigenvalue weighted by atomic mass is 16.1. The number of hydrogen-bond donors (Lipinski definition) is 2. The van der Waals surface area contributed by atoms with Crippen molar-refractivity contribution >= 4 is 11.9 Å². The van der Waals surface area contributed by atoms with Crippen LogP contribution in [0.1, 0.15) is 47.0 Å². The van der Waals surface area contributed by atoms with E-state index in [9.17, 15) is 4.79 Å². The lowest BCUT2D eigenvalue weighted by Crippen LogP contribution is -2.49. The van der Waals surface area contributed by atoms with Crippen molar-refractivity contribution < 1.29 is 4.79 Å². The molecule has 6 nitrogen and oxygen atoms in total. The Morgan fingerprint density at radius 2 is 1.79 bits per heavy atom. The van der Waals surface area contributed by atoms with E-state index in [0.717, 1.165) is 45.0 Å². The van der Waals surface area contributed by atoms with Crippen LogP contribution in [0.4, 0.5) is 0 Å². The third-order valence-corrected chi connectivity index (χ3v) is 4.86. The minimum absolute atomic E-state index is 0.151. The Kier molecular flexibility index (Phi) is 9.11. The van der Waals surface area contributed by atoms with Crippen LogP contribution in [0.15, 0.2) is 4.99 Å². The van der Waals surface area contributed by atoms with Gasteiger partial charge in [-0.25, -0.2) is 0 Å². The van der Waals surface area contributed by atoms with Crippen LogP contribution in [0.2, 0.25) is 0 Å². The minimum atomic E-state index is 0.151. The van der Waals surface area contributed by atoms with Gasteiger partial charge in [-0.1, -0.05) is 0 Å². The van der Waals surface area contributed by atoms with Gasteiger partial charge in [0.1, 0.15) is 0 Å². The van der Waals surface area contributed by atoms with Crippen LogP contribution in [0, 0.1) is 5.92 Å². The molecule has 6 heteroatoms. The number of nitrogens with one attached hydrogen (secondary N) is 2. The van der Waals surface area contributed by atoms with Crippen molar-refractivity contribution in [1.82, 2.24) is 20.4 Å². The molecule has 0 saturated carbocycles. The molecule has 0 unspecified atom stereocenters. The number of hydrogen-bond acceptors (Lipinski definition) is 3. The third kappa shape index (κ3) is 6.67. The lowest BCUT2D eigenvalue weighted by Gasteiger charge is -2.35. The molecule has 0 aliphatic carbocycles. The molecule has 0 atom stereocenters. The monoisotopic (exact) mass is 339 g/mol. The molecule has 1 heterocycles. The normalized spacial score (nSPS) is 17.0. The average Bonchev–Trinajstić information content (AvgIpc) is 2.55. The van der Waals surface area contributed by atoms with Crippen LogP contribution in [-0.2, 0) is 4.79 Å². The minimum Gasteiger partial charge on any atom is -0.359 e. The first kappa shape index (κ1) is 20.7. The molecule has 1 amide bonds. The summed E-state index contributed by atoms with van der Waals surface area (Å²) in [4.78, 5) is 20.7. The fraction of sp³-hybridized carbons (Fsp3) is 0.889. The summed E-state index contributed by atoms with van der Waals surface area (Å²) in [5, 5.41) is 6.22. The zero-order valence-electron chi connectivity index (χ0n) is 16.4. The second kappa shape index (κ2) is 10.5. The van der Waals surface area contributed by atoms with Gasteiger partial charge in [0.25, 0.3) is 0 Å². The fourth-order valence-electron chi connectivity index (χ4n) is 3.45. The SMILES string of the molecule is CN=C(NCCN(C(C)C)C(C)C)N1CCC(CC(=O)NC)CC1. The van der Waals surface area contributed by atoms with Crippen molar-refractivity contribution in [2.75, 3.05) is 40.3 Å². The first-order valence-corrected chi connectivity index (χ1v) is 9.30. The zero-order chi connectivity index (χ0) is 18.1. The van der Waals surface area contributed by atoms with Gasteiger partial charge in [0.05, 0.1) is 0 Å². The molecule has 1 aliphatic rings. The number of likely N-dealkylation sites (tertiary alicyclic amines) is 1. The second-order valence-corrected chi connectivity index (χ2v) is 7.21. The van der Waals surface area contributed by atoms with Crippen molar-refractivity contribution in [1.29, 1.82) is 0 Å². The van der Waals surface area contributed by atoms with Crippen LogP contribution >= 0.6 is 0 Å². The Morgan fingerprint density at radius 3 is 2.25 bits per heavy atom.